The van der Waals surface area contributed by atoms with Crippen LogP contribution in [0.25, 0.3) is 11.5 Å². The summed E-state index contributed by atoms with van der Waals surface area (Å²) < 4.78 is 49.5. The zero-order valence-electron chi connectivity index (χ0n) is 19.9. The molecule has 0 atom stereocenters. The molecule has 4 aromatic rings. The van der Waals surface area contributed by atoms with Gasteiger partial charge < -0.3 is 23.9 Å². The van der Waals surface area contributed by atoms with Crippen LogP contribution in [0, 0.1) is 0 Å². The van der Waals surface area contributed by atoms with Crippen LogP contribution in [-0.2, 0) is 16.3 Å². The van der Waals surface area contributed by atoms with Crippen molar-refractivity contribution in [2.45, 2.75) is 16.3 Å². The zero-order chi connectivity index (χ0) is 25.7. The van der Waals surface area contributed by atoms with Crippen LogP contribution >= 0.6 is 15.9 Å². The summed E-state index contributed by atoms with van der Waals surface area (Å²) in [4.78, 5) is 4.49. The maximum Gasteiger partial charge on any atom is 0.233 e. The van der Waals surface area contributed by atoms with E-state index in [4.69, 9.17) is 18.6 Å². The van der Waals surface area contributed by atoms with Crippen LogP contribution in [0.2, 0.25) is 0 Å². The van der Waals surface area contributed by atoms with Crippen molar-refractivity contribution >= 4 is 31.7 Å². The third-order valence-corrected chi connectivity index (χ3v) is 7.67. The third-order valence-electron chi connectivity index (χ3n) is 5.46. The molecule has 3 aromatic carbocycles. The molecular weight excluding hydrogens is 548 g/mol. The minimum Gasteiger partial charge on any atom is -0.497 e. The van der Waals surface area contributed by atoms with Crippen molar-refractivity contribution in [3.63, 3.8) is 0 Å². The minimum atomic E-state index is -3.95. The molecule has 0 bridgehead atoms. The Hall–Kier alpha value is -3.50. The summed E-state index contributed by atoms with van der Waals surface area (Å²) in [5.74, 6) is 2.18. The molecule has 0 unspecified atom stereocenters. The maximum atomic E-state index is 13.5. The normalized spacial score (nSPS) is 11.2. The van der Waals surface area contributed by atoms with Crippen molar-refractivity contribution in [3.05, 3.63) is 76.8 Å². The molecule has 1 heterocycles. The van der Waals surface area contributed by atoms with Crippen molar-refractivity contribution in [2.75, 3.05) is 33.2 Å². The Kier molecular flexibility index (Phi) is 7.85. The van der Waals surface area contributed by atoms with Gasteiger partial charge in [-0.3, -0.25) is 0 Å². The number of hydrogen-bond donors (Lipinski definition) is 1. The Morgan fingerprint density at radius 1 is 0.889 bits per heavy atom. The van der Waals surface area contributed by atoms with E-state index in [1.165, 1.54) is 12.1 Å². The lowest BCUT2D eigenvalue weighted by Gasteiger charge is -2.10. The van der Waals surface area contributed by atoms with Crippen LogP contribution in [-0.4, -0.2) is 41.3 Å². The van der Waals surface area contributed by atoms with E-state index in [0.717, 1.165) is 10.0 Å². The highest BCUT2D eigenvalue weighted by molar-refractivity contribution is 9.10. The molecule has 1 N–H and O–H groups in total. The highest BCUT2D eigenvalue weighted by atomic mass is 79.9. The van der Waals surface area contributed by atoms with E-state index in [-0.39, 0.29) is 21.7 Å². The van der Waals surface area contributed by atoms with Crippen LogP contribution in [0.5, 0.6) is 17.2 Å². The van der Waals surface area contributed by atoms with Crippen molar-refractivity contribution in [2.24, 2.45) is 0 Å². The molecule has 0 aliphatic carbocycles. The molecule has 10 heteroatoms. The van der Waals surface area contributed by atoms with Crippen LogP contribution in [0.4, 0.5) is 5.88 Å². The number of hydrogen-bond acceptors (Lipinski definition) is 8. The van der Waals surface area contributed by atoms with Gasteiger partial charge in [0.2, 0.25) is 26.6 Å². The number of anilines is 1. The number of methoxy groups -OCH3 is 3. The summed E-state index contributed by atoms with van der Waals surface area (Å²) >= 11 is 3.34. The minimum absolute atomic E-state index is 0.0733. The summed E-state index contributed by atoms with van der Waals surface area (Å²) in [6.07, 6.45) is 0.580. The van der Waals surface area contributed by atoms with E-state index >= 15 is 0 Å². The number of ether oxygens (including phenoxy) is 3. The van der Waals surface area contributed by atoms with Crippen LogP contribution < -0.4 is 19.5 Å². The predicted octanol–water partition coefficient (Wildman–Crippen LogP) is 5.62. The van der Waals surface area contributed by atoms with E-state index in [2.05, 4.69) is 26.2 Å². The topological polar surface area (TPSA) is 99.9 Å². The maximum absolute atomic E-state index is 13.5. The first-order valence-corrected chi connectivity index (χ1v) is 13.2. The van der Waals surface area contributed by atoms with Crippen molar-refractivity contribution in [1.29, 1.82) is 0 Å². The fourth-order valence-corrected chi connectivity index (χ4v) is 5.08. The second-order valence-electron chi connectivity index (χ2n) is 7.71. The van der Waals surface area contributed by atoms with Gasteiger partial charge >= 0.3 is 0 Å². The van der Waals surface area contributed by atoms with Gasteiger partial charge in [-0.05, 0) is 72.6 Å². The van der Waals surface area contributed by atoms with Crippen LogP contribution in [0.1, 0.15) is 5.56 Å². The number of oxazole rings is 1. The molecule has 8 nitrogen and oxygen atoms in total. The van der Waals surface area contributed by atoms with Crippen molar-refractivity contribution in [3.8, 4) is 28.7 Å². The lowest BCUT2D eigenvalue weighted by Crippen LogP contribution is -2.10. The number of nitrogens with zero attached hydrogens (tertiary/aromatic N) is 1. The largest absolute Gasteiger partial charge is 0.497 e. The van der Waals surface area contributed by atoms with Crippen molar-refractivity contribution < 1.29 is 27.0 Å². The quantitative estimate of drug-likeness (QED) is 0.261. The van der Waals surface area contributed by atoms with E-state index < -0.39 is 9.84 Å². The van der Waals surface area contributed by atoms with Gasteiger partial charge in [-0.15, -0.1) is 0 Å². The first-order valence-electron chi connectivity index (χ1n) is 11.0. The molecule has 0 radical (unpaired) electrons. The summed E-state index contributed by atoms with van der Waals surface area (Å²) in [6.45, 7) is 0.398. The zero-order valence-corrected chi connectivity index (χ0v) is 22.4. The molecule has 0 amide bonds. The second-order valence-corrected chi connectivity index (χ2v) is 10.5. The highest BCUT2D eigenvalue weighted by Gasteiger charge is 2.28. The van der Waals surface area contributed by atoms with E-state index in [1.807, 2.05) is 18.2 Å². The SMILES string of the molecule is COc1ccc(-c2nc(S(=O)(=O)c3ccc(Br)cc3)c(NCCc3ccc(OC)c(OC)c3)o2)cc1. The average Bonchev–Trinajstić information content (AvgIpc) is 3.34. The Bertz CT molecular complexity index is 1430. The Morgan fingerprint density at radius 2 is 1.58 bits per heavy atom. The third kappa shape index (κ3) is 5.50. The van der Waals surface area contributed by atoms with Gasteiger partial charge in [-0.2, -0.15) is 4.98 Å². The van der Waals surface area contributed by atoms with Gasteiger partial charge in [0.05, 0.1) is 26.2 Å². The predicted molar refractivity (Wildman–Crippen MR) is 140 cm³/mol. The number of benzene rings is 3. The van der Waals surface area contributed by atoms with Gasteiger partial charge in [0.1, 0.15) is 5.75 Å². The van der Waals surface area contributed by atoms with Gasteiger partial charge in [-0.1, -0.05) is 22.0 Å². The fourth-order valence-electron chi connectivity index (χ4n) is 3.54. The molecule has 0 saturated carbocycles. The highest BCUT2D eigenvalue weighted by Crippen LogP contribution is 2.33. The molecule has 188 valence electrons. The van der Waals surface area contributed by atoms with Crippen molar-refractivity contribution in [1.82, 2.24) is 4.98 Å². The summed E-state index contributed by atoms with van der Waals surface area (Å²) in [6, 6.07) is 19.0. The Morgan fingerprint density at radius 3 is 2.22 bits per heavy atom. The summed E-state index contributed by atoms with van der Waals surface area (Å²) in [5.41, 5.74) is 1.60. The molecular formula is C26H25BrN2O6S. The molecule has 0 aliphatic heterocycles. The fraction of sp³-hybridized carbons (Fsp3) is 0.192. The molecule has 4 rings (SSSR count). The first-order chi connectivity index (χ1) is 17.3. The molecule has 0 fully saturated rings. The smallest absolute Gasteiger partial charge is 0.233 e. The van der Waals surface area contributed by atoms with E-state index in [9.17, 15) is 8.42 Å². The van der Waals surface area contributed by atoms with Crippen LogP contribution in [0.3, 0.4) is 0 Å². The number of sulfone groups is 1. The standard InChI is InChI=1S/C26H25BrN2O6S/c1-32-20-9-5-18(6-10-20)24-29-26(36(30,31)21-11-7-19(27)8-12-21)25(35-24)28-15-14-17-4-13-22(33-2)23(16-17)34-3/h4-13,16,28H,14-15H2,1-3H3. The molecule has 0 spiro atoms. The Labute approximate surface area is 218 Å². The van der Waals surface area contributed by atoms with E-state index in [0.29, 0.717) is 35.8 Å². The molecule has 36 heavy (non-hydrogen) atoms. The van der Waals surface area contributed by atoms with E-state index in [1.54, 1.807) is 57.7 Å². The second kappa shape index (κ2) is 11.0. The monoisotopic (exact) mass is 572 g/mol. The summed E-state index contributed by atoms with van der Waals surface area (Å²) in [7, 11) is 0.780. The number of halogens is 1. The summed E-state index contributed by atoms with van der Waals surface area (Å²) in [5, 5.41) is 2.94. The van der Waals surface area contributed by atoms with Gasteiger partial charge in [-0.25, -0.2) is 8.42 Å². The first kappa shape index (κ1) is 25.6. The molecule has 0 saturated heterocycles. The molecule has 1 aromatic heterocycles. The van der Waals surface area contributed by atoms with Gasteiger partial charge in [0.15, 0.2) is 11.5 Å². The molecule has 0 aliphatic rings. The lowest BCUT2D eigenvalue weighted by molar-refractivity contribution is 0.354. The van der Waals surface area contributed by atoms with Gasteiger partial charge in [0, 0.05) is 16.6 Å². The number of rotatable bonds is 10. The Balaban J connectivity index is 1.64. The van der Waals surface area contributed by atoms with Gasteiger partial charge in [0.25, 0.3) is 0 Å². The number of nitrogens with one attached hydrogen (secondary N) is 1. The number of aromatic nitrogens is 1. The van der Waals surface area contributed by atoms with Crippen LogP contribution in [0.15, 0.2) is 85.5 Å². The average molecular weight is 573 g/mol. The lowest BCUT2D eigenvalue weighted by atomic mass is 10.1.